The summed E-state index contributed by atoms with van der Waals surface area (Å²) in [6, 6.07) is 8.14. The number of sulfone groups is 1. The fraction of sp³-hybridized carbons (Fsp3) is 0.316. The number of benzene rings is 1. The Balaban J connectivity index is 1.72. The second-order valence-electron chi connectivity index (χ2n) is 6.70. The van der Waals surface area contributed by atoms with Gasteiger partial charge in [0.05, 0.1) is 11.5 Å². The lowest BCUT2D eigenvalue weighted by molar-refractivity contribution is 0.0936. The van der Waals surface area contributed by atoms with Crippen LogP contribution in [0.5, 0.6) is 0 Å². The molecule has 1 aromatic carbocycles. The summed E-state index contributed by atoms with van der Waals surface area (Å²) >= 11 is 0. The van der Waals surface area contributed by atoms with Crippen LogP contribution in [0.1, 0.15) is 38.4 Å². The highest BCUT2D eigenvalue weighted by atomic mass is 32.2. The zero-order valence-electron chi connectivity index (χ0n) is 15.2. The van der Waals surface area contributed by atoms with Crippen molar-refractivity contribution >= 4 is 27.3 Å². The topological polar surface area (TPSA) is 105 Å². The van der Waals surface area contributed by atoms with Gasteiger partial charge in [-0.15, -0.1) is 0 Å². The van der Waals surface area contributed by atoms with Crippen molar-refractivity contribution in [2.75, 3.05) is 16.8 Å². The maximum absolute atomic E-state index is 12.5. The highest BCUT2D eigenvalue weighted by molar-refractivity contribution is 7.91. The van der Waals surface area contributed by atoms with Crippen LogP contribution in [0.3, 0.4) is 0 Å². The Morgan fingerprint density at radius 1 is 1.15 bits per heavy atom. The molecular formula is C19H21N3O4S. The summed E-state index contributed by atoms with van der Waals surface area (Å²) < 4.78 is 23.0. The van der Waals surface area contributed by atoms with Gasteiger partial charge in [0.25, 0.3) is 11.8 Å². The largest absolute Gasteiger partial charge is 0.347 e. The minimum Gasteiger partial charge on any atom is -0.347 e. The van der Waals surface area contributed by atoms with Crippen LogP contribution in [-0.2, 0) is 9.84 Å². The molecule has 1 unspecified atom stereocenters. The average Bonchev–Trinajstić information content (AvgIpc) is 2.97. The predicted octanol–water partition coefficient (Wildman–Crippen LogP) is 1.87. The molecule has 142 valence electrons. The van der Waals surface area contributed by atoms with E-state index in [1.165, 1.54) is 18.3 Å². The van der Waals surface area contributed by atoms with Crippen molar-refractivity contribution in [3.05, 3.63) is 58.9 Å². The van der Waals surface area contributed by atoms with Gasteiger partial charge in [-0.3, -0.25) is 14.6 Å². The van der Waals surface area contributed by atoms with Gasteiger partial charge in [0, 0.05) is 23.5 Å². The van der Waals surface area contributed by atoms with Gasteiger partial charge >= 0.3 is 0 Å². The monoisotopic (exact) mass is 387 g/mol. The van der Waals surface area contributed by atoms with Crippen LogP contribution in [0.4, 0.5) is 5.69 Å². The van der Waals surface area contributed by atoms with Crippen molar-refractivity contribution in [3.8, 4) is 0 Å². The van der Waals surface area contributed by atoms with Gasteiger partial charge in [-0.2, -0.15) is 0 Å². The molecule has 0 radical (unpaired) electrons. The van der Waals surface area contributed by atoms with Crippen LogP contribution in [0.2, 0.25) is 0 Å². The molecule has 1 aliphatic rings. The fourth-order valence-corrected chi connectivity index (χ4v) is 4.62. The first-order valence-electron chi connectivity index (χ1n) is 8.60. The van der Waals surface area contributed by atoms with Crippen LogP contribution in [-0.4, -0.2) is 42.8 Å². The summed E-state index contributed by atoms with van der Waals surface area (Å²) in [7, 11) is -3.09. The molecule has 1 atom stereocenters. The summed E-state index contributed by atoms with van der Waals surface area (Å²) in [4.78, 5) is 28.9. The van der Waals surface area contributed by atoms with E-state index in [0.29, 0.717) is 17.7 Å². The van der Waals surface area contributed by atoms with Crippen molar-refractivity contribution in [2.24, 2.45) is 0 Å². The summed E-state index contributed by atoms with van der Waals surface area (Å²) in [6.45, 7) is 3.88. The molecular weight excluding hydrogens is 366 g/mol. The standard InChI is InChI=1S/C19H21N3O4S/c1-12-4-3-5-16(13(12)2)22-18(23)14-6-8-20-17(10-14)19(24)21-15-7-9-27(25,26)11-15/h3-6,8,10,15H,7,9,11H2,1-2H3,(H,21,24)(H,22,23). The minimum atomic E-state index is -3.09. The van der Waals surface area contributed by atoms with Crippen molar-refractivity contribution in [2.45, 2.75) is 26.3 Å². The van der Waals surface area contributed by atoms with Gasteiger partial charge in [0.1, 0.15) is 5.69 Å². The van der Waals surface area contributed by atoms with Gasteiger partial charge in [0.2, 0.25) is 0 Å². The molecule has 0 saturated carbocycles. The maximum Gasteiger partial charge on any atom is 0.270 e. The van der Waals surface area contributed by atoms with Crippen LogP contribution >= 0.6 is 0 Å². The van der Waals surface area contributed by atoms with E-state index in [4.69, 9.17) is 0 Å². The highest BCUT2D eigenvalue weighted by Crippen LogP contribution is 2.19. The fourth-order valence-electron chi connectivity index (χ4n) is 2.95. The van der Waals surface area contributed by atoms with Gasteiger partial charge in [-0.25, -0.2) is 8.42 Å². The van der Waals surface area contributed by atoms with E-state index in [2.05, 4.69) is 15.6 Å². The summed E-state index contributed by atoms with van der Waals surface area (Å²) in [5.74, 6) is -0.822. The smallest absolute Gasteiger partial charge is 0.270 e. The molecule has 0 spiro atoms. The lowest BCUT2D eigenvalue weighted by atomic mass is 10.1. The minimum absolute atomic E-state index is 0.0639. The van der Waals surface area contributed by atoms with E-state index < -0.39 is 21.8 Å². The molecule has 3 rings (SSSR count). The number of hydrogen-bond acceptors (Lipinski definition) is 5. The van der Waals surface area contributed by atoms with E-state index in [9.17, 15) is 18.0 Å². The Labute approximate surface area is 158 Å². The third-order valence-corrected chi connectivity index (χ3v) is 6.44. The van der Waals surface area contributed by atoms with Crippen molar-refractivity contribution in [1.29, 1.82) is 0 Å². The van der Waals surface area contributed by atoms with Gasteiger partial charge in [0.15, 0.2) is 9.84 Å². The first-order valence-corrected chi connectivity index (χ1v) is 10.4. The predicted molar refractivity (Wildman–Crippen MR) is 103 cm³/mol. The molecule has 7 nitrogen and oxygen atoms in total. The van der Waals surface area contributed by atoms with E-state index in [0.717, 1.165) is 11.1 Å². The molecule has 1 aliphatic heterocycles. The van der Waals surface area contributed by atoms with E-state index in [1.54, 1.807) is 0 Å². The number of hydrogen-bond donors (Lipinski definition) is 2. The normalized spacial score (nSPS) is 18.1. The van der Waals surface area contributed by atoms with E-state index in [-0.39, 0.29) is 23.1 Å². The first kappa shape index (κ1) is 19.0. The molecule has 1 fully saturated rings. The molecule has 0 bridgehead atoms. The maximum atomic E-state index is 12.5. The Morgan fingerprint density at radius 3 is 2.63 bits per heavy atom. The third kappa shape index (κ3) is 4.51. The average molecular weight is 387 g/mol. The molecule has 0 aliphatic carbocycles. The number of aromatic nitrogens is 1. The molecule has 1 saturated heterocycles. The number of carbonyl (C=O) groups is 2. The molecule has 2 heterocycles. The quantitative estimate of drug-likeness (QED) is 0.833. The number of amides is 2. The third-order valence-electron chi connectivity index (χ3n) is 4.68. The van der Waals surface area contributed by atoms with E-state index >= 15 is 0 Å². The van der Waals surface area contributed by atoms with Crippen molar-refractivity contribution in [3.63, 3.8) is 0 Å². The number of nitrogens with one attached hydrogen (secondary N) is 2. The zero-order valence-corrected chi connectivity index (χ0v) is 16.0. The van der Waals surface area contributed by atoms with Crippen molar-refractivity contribution in [1.82, 2.24) is 10.3 Å². The van der Waals surface area contributed by atoms with E-state index in [1.807, 2.05) is 32.0 Å². The SMILES string of the molecule is Cc1cccc(NC(=O)c2ccnc(C(=O)NC3CCS(=O)(=O)C3)c2)c1C. The number of anilines is 1. The number of pyridine rings is 1. The zero-order chi connectivity index (χ0) is 19.6. The van der Waals surface area contributed by atoms with Crippen LogP contribution in [0, 0.1) is 13.8 Å². The van der Waals surface area contributed by atoms with Gasteiger partial charge in [-0.1, -0.05) is 12.1 Å². The Bertz CT molecular complexity index is 1000. The molecule has 2 amide bonds. The summed E-state index contributed by atoms with van der Waals surface area (Å²) in [6.07, 6.45) is 1.78. The second kappa shape index (κ2) is 7.48. The Kier molecular flexibility index (Phi) is 5.27. The summed E-state index contributed by atoms with van der Waals surface area (Å²) in [5.41, 5.74) is 3.12. The lowest BCUT2D eigenvalue weighted by Gasteiger charge is -2.12. The Morgan fingerprint density at radius 2 is 1.93 bits per heavy atom. The van der Waals surface area contributed by atoms with Crippen LogP contribution in [0.15, 0.2) is 36.5 Å². The van der Waals surface area contributed by atoms with Gasteiger partial charge < -0.3 is 10.6 Å². The number of aryl methyl sites for hydroxylation is 1. The molecule has 27 heavy (non-hydrogen) atoms. The van der Waals surface area contributed by atoms with Crippen molar-refractivity contribution < 1.29 is 18.0 Å². The highest BCUT2D eigenvalue weighted by Gasteiger charge is 2.29. The molecule has 2 N–H and O–H groups in total. The molecule has 2 aromatic rings. The van der Waals surface area contributed by atoms with Crippen LogP contribution in [0.25, 0.3) is 0 Å². The number of rotatable bonds is 4. The second-order valence-corrected chi connectivity index (χ2v) is 8.93. The molecule has 8 heteroatoms. The number of nitrogens with zero attached hydrogens (tertiary/aromatic N) is 1. The summed E-state index contributed by atoms with van der Waals surface area (Å²) in [5, 5.41) is 5.51. The van der Waals surface area contributed by atoms with Crippen LogP contribution < -0.4 is 10.6 Å². The lowest BCUT2D eigenvalue weighted by Crippen LogP contribution is -2.36. The first-order chi connectivity index (χ1) is 12.7. The number of carbonyl (C=O) groups excluding carboxylic acids is 2. The van der Waals surface area contributed by atoms with Gasteiger partial charge in [-0.05, 0) is 49.6 Å². The molecule has 1 aromatic heterocycles. The Hall–Kier alpha value is -2.74.